The molecule has 1 aromatic carbocycles. The first kappa shape index (κ1) is 12.6. The zero-order chi connectivity index (χ0) is 12.6. The zero-order valence-electron chi connectivity index (χ0n) is 10.8. The van der Waals surface area contributed by atoms with Crippen LogP contribution in [0.5, 0.6) is 0 Å². The molecule has 1 aromatic rings. The second-order valence-electron chi connectivity index (χ2n) is 5.93. The Morgan fingerprint density at radius 1 is 1.41 bits per heavy atom. The molecule has 0 amide bonds. The lowest BCUT2D eigenvalue weighted by Crippen LogP contribution is -2.24. The zero-order valence-corrected chi connectivity index (χ0v) is 10.8. The predicted octanol–water partition coefficient (Wildman–Crippen LogP) is 3.99. The van der Waals surface area contributed by atoms with Crippen molar-refractivity contribution in [1.29, 1.82) is 0 Å². The van der Waals surface area contributed by atoms with E-state index in [2.05, 4.69) is 13.8 Å². The molecular formula is C15H21FO. The van der Waals surface area contributed by atoms with Crippen molar-refractivity contribution in [3.63, 3.8) is 0 Å². The summed E-state index contributed by atoms with van der Waals surface area (Å²) in [5.41, 5.74) is 1.91. The van der Waals surface area contributed by atoms with E-state index in [9.17, 15) is 9.50 Å². The second-order valence-corrected chi connectivity index (χ2v) is 5.93. The van der Waals surface area contributed by atoms with E-state index in [4.69, 9.17) is 0 Å². The van der Waals surface area contributed by atoms with Crippen LogP contribution >= 0.6 is 0 Å². The van der Waals surface area contributed by atoms with Crippen molar-refractivity contribution < 1.29 is 9.50 Å². The van der Waals surface area contributed by atoms with Gasteiger partial charge in [-0.05, 0) is 54.4 Å². The first-order valence-corrected chi connectivity index (χ1v) is 6.36. The van der Waals surface area contributed by atoms with Crippen LogP contribution < -0.4 is 0 Å². The van der Waals surface area contributed by atoms with E-state index < -0.39 is 6.10 Å². The molecule has 1 aliphatic rings. The summed E-state index contributed by atoms with van der Waals surface area (Å²) in [7, 11) is 0. The lowest BCUT2D eigenvalue weighted by Gasteiger charge is -2.32. The minimum atomic E-state index is -0.465. The van der Waals surface area contributed by atoms with E-state index in [0.29, 0.717) is 0 Å². The van der Waals surface area contributed by atoms with E-state index in [-0.39, 0.29) is 17.2 Å². The van der Waals surface area contributed by atoms with Crippen molar-refractivity contribution in [3.05, 3.63) is 35.1 Å². The van der Waals surface area contributed by atoms with Gasteiger partial charge in [0.1, 0.15) is 5.82 Å². The van der Waals surface area contributed by atoms with Gasteiger partial charge in [0.2, 0.25) is 0 Å². The third-order valence-corrected chi connectivity index (χ3v) is 4.27. The van der Waals surface area contributed by atoms with Gasteiger partial charge in [-0.25, -0.2) is 4.39 Å². The first-order chi connectivity index (χ1) is 7.92. The minimum absolute atomic E-state index is 0.181. The summed E-state index contributed by atoms with van der Waals surface area (Å²) in [6, 6.07) is 4.66. The van der Waals surface area contributed by atoms with Gasteiger partial charge < -0.3 is 5.11 Å². The first-order valence-electron chi connectivity index (χ1n) is 6.36. The lowest BCUT2D eigenvalue weighted by atomic mass is 9.76. The molecule has 0 saturated heterocycles. The fraction of sp³-hybridized carbons (Fsp3) is 0.600. The fourth-order valence-corrected chi connectivity index (χ4v) is 3.13. The molecule has 1 nitrogen and oxygen atoms in total. The molecule has 2 unspecified atom stereocenters. The molecule has 0 spiro atoms. The molecule has 94 valence electrons. The number of aliphatic hydroxyl groups is 1. The van der Waals surface area contributed by atoms with Crippen LogP contribution in [-0.2, 0) is 0 Å². The Morgan fingerprint density at radius 2 is 2.12 bits per heavy atom. The number of aliphatic hydroxyl groups excluding tert-OH is 1. The molecule has 2 rings (SSSR count). The maximum Gasteiger partial charge on any atom is 0.123 e. The van der Waals surface area contributed by atoms with Crippen molar-refractivity contribution in [2.45, 2.75) is 46.1 Å². The van der Waals surface area contributed by atoms with Gasteiger partial charge in [-0.2, -0.15) is 0 Å². The quantitative estimate of drug-likeness (QED) is 0.823. The van der Waals surface area contributed by atoms with Crippen LogP contribution in [0.4, 0.5) is 4.39 Å². The Hall–Kier alpha value is -0.890. The van der Waals surface area contributed by atoms with Gasteiger partial charge in [-0.3, -0.25) is 0 Å². The molecule has 1 saturated carbocycles. The molecule has 1 aliphatic carbocycles. The molecule has 0 aliphatic heterocycles. The van der Waals surface area contributed by atoms with Gasteiger partial charge in [0.15, 0.2) is 0 Å². The average molecular weight is 236 g/mol. The van der Waals surface area contributed by atoms with Gasteiger partial charge in [-0.1, -0.05) is 26.3 Å². The van der Waals surface area contributed by atoms with Gasteiger partial charge in [0.25, 0.3) is 0 Å². The highest BCUT2D eigenvalue weighted by Crippen LogP contribution is 2.49. The van der Waals surface area contributed by atoms with Crippen LogP contribution in [-0.4, -0.2) is 5.11 Å². The summed E-state index contributed by atoms with van der Waals surface area (Å²) in [5.74, 6) is 0.0517. The molecule has 0 heterocycles. The van der Waals surface area contributed by atoms with E-state index >= 15 is 0 Å². The number of hydrogen-bond donors (Lipinski definition) is 1. The van der Waals surface area contributed by atoms with Crippen LogP contribution in [0.15, 0.2) is 18.2 Å². The van der Waals surface area contributed by atoms with Crippen molar-refractivity contribution in [3.8, 4) is 0 Å². The number of halogens is 1. The molecule has 1 N–H and O–H groups in total. The van der Waals surface area contributed by atoms with E-state index in [1.165, 1.54) is 18.6 Å². The summed E-state index contributed by atoms with van der Waals surface area (Å²) in [5, 5.41) is 10.5. The van der Waals surface area contributed by atoms with Gasteiger partial charge >= 0.3 is 0 Å². The van der Waals surface area contributed by atoms with Crippen LogP contribution in [0.2, 0.25) is 0 Å². The Labute approximate surface area is 103 Å². The topological polar surface area (TPSA) is 20.2 Å². The van der Waals surface area contributed by atoms with Crippen LogP contribution in [0, 0.1) is 24.1 Å². The standard InChI is InChI=1S/C15H21FO/c1-10-9-11(16)6-7-12(10)14(17)13-5-4-8-15(13,2)3/h6-7,9,13-14,17H,4-5,8H2,1-3H3. The van der Waals surface area contributed by atoms with Crippen molar-refractivity contribution >= 4 is 0 Å². The van der Waals surface area contributed by atoms with Crippen LogP contribution in [0.1, 0.15) is 50.3 Å². The predicted molar refractivity (Wildman–Crippen MR) is 67.2 cm³/mol. The highest BCUT2D eigenvalue weighted by atomic mass is 19.1. The third kappa shape index (κ3) is 2.37. The van der Waals surface area contributed by atoms with Crippen LogP contribution in [0.3, 0.4) is 0 Å². The second kappa shape index (κ2) is 4.41. The Balaban J connectivity index is 2.28. The monoisotopic (exact) mass is 236 g/mol. The van der Waals surface area contributed by atoms with Gasteiger partial charge in [0.05, 0.1) is 6.10 Å². The molecule has 0 aromatic heterocycles. The van der Waals surface area contributed by atoms with E-state index in [1.54, 1.807) is 6.07 Å². The highest BCUT2D eigenvalue weighted by Gasteiger charge is 2.39. The van der Waals surface area contributed by atoms with E-state index in [1.807, 2.05) is 6.92 Å². The minimum Gasteiger partial charge on any atom is -0.388 e. The maximum atomic E-state index is 13.1. The summed E-state index contributed by atoms with van der Waals surface area (Å²) in [6.07, 6.45) is 2.93. The highest BCUT2D eigenvalue weighted by molar-refractivity contribution is 5.29. The number of rotatable bonds is 2. The number of hydrogen-bond acceptors (Lipinski definition) is 1. The van der Waals surface area contributed by atoms with Crippen molar-refractivity contribution in [2.24, 2.45) is 11.3 Å². The van der Waals surface area contributed by atoms with Gasteiger partial charge in [0, 0.05) is 0 Å². The summed E-state index contributed by atoms with van der Waals surface area (Å²) >= 11 is 0. The molecule has 0 bridgehead atoms. The largest absolute Gasteiger partial charge is 0.388 e. The molecule has 0 radical (unpaired) electrons. The van der Waals surface area contributed by atoms with Crippen LogP contribution in [0.25, 0.3) is 0 Å². The Kier molecular flexibility index (Phi) is 3.26. The molecule has 2 atom stereocenters. The van der Waals surface area contributed by atoms with Gasteiger partial charge in [-0.15, -0.1) is 0 Å². The molecule has 17 heavy (non-hydrogen) atoms. The summed E-state index contributed by atoms with van der Waals surface area (Å²) < 4.78 is 13.1. The molecule has 2 heteroatoms. The number of benzene rings is 1. The third-order valence-electron chi connectivity index (χ3n) is 4.27. The van der Waals surface area contributed by atoms with E-state index in [0.717, 1.165) is 24.0 Å². The normalized spacial score (nSPS) is 24.9. The van der Waals surface area contributed by atoms with Crippen molar-refractivity contribution in [2.75, 3.05) is 0 Å². The summed E-state index contributed by atoms with van der Waals surface area (Å²) in [4.78, 5) is 0. The average Bonchev–Trinajstić information content (AvgIpc) is 2.57. The number of aryl methyl sites for hydroxylation is 1. The maximum absolute atomic E-state index is 13.1. The molecule has 1 fully saturated rings. The Bertz CT molecular complexity index is 411. The fourth-order valence-electron chi connectivity index (χ4n) is 3.13. The summed E-state index contributed by atoms with van der Waals surface area (Å²) in [6.45, 7) is 6.29. The molecular weight excluding hydrogens is 215 g/mol. The smallest absolute Gasteiger partial charge is 0.123 e. The Morgan fingerprint density at radius 3 is 2.65 bits per heavy atom. The van der Waals surface area contributed by atoms with Crippen molar-refractivity contribution in [1.82, 2.24) is 0 Å². The lowest BCUT2D eigenvalue weighted by molar-refractivity contribution is 0.0526. The SMILES string of the molecule is Cc1cc(F)ccc1C(O)C1CCCC1(C)C.